The predicted molar refractivity (Wildman–Crippen MR) is 77.6 cm³/mol. The van der Waals surface area contributed by atoms with Gasteiger partial charge in [-0.3, -0.25) is 4.79 Å². The molecule has 0 unspecified atom stereocenters. The van der Waals surface area contributed by atoms with Crippen LogP contribution in [0.1, 0.15) is 36.2 Å². The third kappa shape index (κ3) is 2.93. The number of halogens is 3. The zero-order chi connectivity index (χ0) is 16.9. The minimum Gasteiger partial charge on any atom is -0.343 e. The number of hydrogen-bond acceptors (Lipinski definition) is 6. The van der Waals surface area contributed by atoms with Crippen molar-refractivity contribution >= 4 is 17.5 Å². The van der Waals surface area contributed by atoms with E-state index in [9.17, 15) is 18.0 Å². The Bertz CT molecular complexity index is 683. The monoisotopic (exact) mass is 360 g/mol. The summed E-state index contributed by atoms with van der Waals surface area (Å²) in [4.78, 5) is 19.9. The van der Waals surface area contributed by atoms with Crippen molar-refractivity contribution in [2.75, 3.05) is 6.61 Å². The molecule has 2 fully saturated rings. The molecule has 5 nitrogen and oxygen atoms in total. The van der Waals surface area contributed by atoms with Gasteiger partial charge in [-0.25, -0.2) is 9.97 Å². The van der Waals surface area contributed by atoms with Crippen LogP contribution in [0.15, 0.2) is 5.16 Å². The first-order chi connectivity index (χ1) is 11.4. The minimum atomic E-state index is -4.50. The number of carbonyl (C=O) groups excluding carboxylic acids is 1. The molecule has 1 aromatic rings. The van der Waals surface area contributed by atoms with E-state index in [1.54, 1.807) is 0 Å². The summed E-state index contributed by atoms with van der Waals surface area (Å²) in [6.45, 7) is 0.269. The molecule has 2 aliphatic heterocycles. The highest BCUT2D eigenvalue weighted by molar-refractivity contribution is 7.99. The summed E-state index contributed by atoms with van der Waals surface area (Å²) in [5.41, 5.74) is -0.133. The van der Waals surface area contributed by atoms with Gasteiger partial charge in [-0.2, -0.15) is 13.2 Å². The SMILES string of the molecule is O=C1C[C@H](Sc2nc3c(c(C(F)(F)F)n2)CCCC3)[C@H]2CO[C@H]1O2. The Hall–Kier alpha value is -1.19. The third-order valence-corrected chi connectivity index (χ3v) is 5.64. The molecule has 0 aromatic carbocycles. The summed E-state index contributed by atoms with van der Waals surface area (Å²) < 4.78 is 50.7. The van der Waals surface area contributed by atoms with Crippen LogP contribution in [0.3, 0.4) is 0 Å². The highest BCUT2D eigenvalue weighted by atomic mass is 32.2. The van der Waals surface area contributed by atoms with E-state index in [1.165, 1.54) is 0 Å². The molecule has 2 saturated heterocycles. The topological polar surface area (TPSA) is 61.3 Å². The van der Waals surface area contributed by atoms with E-state index >= 15 is 0 Å². The van der Waals surface area contributed by atoms with E-state index in [2.05, 4.69) is 9.97 Å². The highest BCUT2D eigenvalue weighted by Crippen LogP contribution is 2.39. The van der Waals surface area contributed by atoms with Gasteiger partial charge in [0.05, 0.1) is 12.7 Å². The number of carbonyl (C=O) groups is 1. The van der Waals surface area contributed by atoms with Gasteiger partial charge in [-0.05, 0) is 25.7 Å². The minimum absolute atomic E-state index is 0.0646. The molecule has 3 aliphatic rings. The molecule has 0 radical (unpaired) electrons. The number of rotatable bonds is 2. The molecule has 3 heterocycles. The fourth-order valence-electron chi connectivity index (χ4n) is 3.32. The maximum absolute atomic E-state index is 13.3. The third-order valence-electron chi connectivity index (χ3n) is 4.48. The number of fused-ring (bicyclic) bond motifs is 3. The van der Waals surface area contributed by atoms with Crippen molar-refractivity contribution in [3.05, 3.63) is 17.0 Å². The lowest BCUT2D eigenvalue weighted by Crippen LogP contribution is -2.37. The zero-order valence-corrected chi connectivity index (χ0v) is 13.5. The van der Waals surface area contributed by atoms with Crippen molar-refractivity contribution in [3.8, 4) is 0 Å². The molecule has 0 saturated carbocycles. The number of hydrogen-bond donors (Lipinski definition) is 0. The van der Waals surface area contributed by atoms with Crippen LogP contribution in [0.2, 0.25) is 0 Å². The van der Waals surface area contributed by atoms with Gasteiger partial charge in [0.15, 0.2) is 16.6 Å². The number of nitrogens with zero attached hydrogens (tertiary/aromatic N) is 2. The predicted octanol–water partition coefficient (Wildman–Crippen LogP) is 2.55. The Balaban J connectivity index is 1.64. The zero-order valence-electron chi connectivity index (χ0n) is 12.6. The number of thioether (sulfide) groups is 1. The summed E-state index contributed by atoms with van der Waals surface area (Å²) in [7, 11) is 0. The lowest BCUT2D eigenvalue weighted by atomic mass is 9.94. The van der Waals surface area contributed by atoms with E-state index in [4.69, 9.17) is 9.47 Å². The van der Waals surface area contributed by atoms with Gasteiger partial charge in [-0.15, -0.1) is 0 Å². The van der Waals surface area contributed by atoms with Gasteiger partial charge in [0.25, 0.3) is 0 Å². The number of ketones is 1. The highest BCUT2D eigenvalue weighted by Gasteiger charge is 2.44. The van der Waals surface area contributed by atoms with Gasteiger partial charge in [-0.1, -0.05) is 11.8 Å². The van der Waals surface area contributed by atoms with Crippen molar-refractivity contribution in [2.24, 2.45) is 0 Å². The largest absolute Gasteiger partial charge is 0.433 e. The van der Waals surface area contributed by atoms with Crippen LogP contribution >= 0.6 is 11.8 Å². The number of Topliss-reactive ketones (excluding diaryl/α,β-unsaturated/α-hetero) is 1. The molecule has 24 heavy (non-hydrogen) atoms. The fourth-order valence-corrected chi connectivity index (χ4v) is 4.44. The average molecular weight is 360 g/mol. The Morgan fingerprint density at radius 1 is 1.17 bits per heavy atom. The summed E-state index contributed by atoms with van der Waals surface area (Å²) in [5, 5.41) is -0.256. The maximum atomic E-state index is 13.3. The van der Waals surface area contributed by atoms with Gasteiger partial charge in [0.1, 0.15) is 0 Å². The second-order valence-electron chi connectivity index (χ2n) is 6.15. The first-order valence-electron chi connectivity index (χ1n) is 7.85. The molecule has 2 bridgehead atoms. The summed E-state index contributed by atoms with van der Waals surface area (Å²) in [6, 6.07) is 0. The van der Waals surface area contributed by atoms with Crippen LogP contribution in [-0.2, 0) is 33.3 Å². The molecule has 0 N–H and O–H groups in total. The van der Waals surface area contributed by atoms with E-state index in [-0.39, 0.29) is 40.9 Å². The Morgan fingerprint density at radius 3 is 2.75 bits per heavy atom. The summed E-state index contributed by atoms with van der Waals surface area (Å²) in [6.07, 6.45) is -3.00. The molecule has 0 spiro atoms. The van der Waals surface area contributed by atoms with Crippen molar-refractivity contribution < 1.29 is 27.4 Å². The Morgan fingerprint density at radius 2 is 1.96 bits per heavy atom. The molecule has 1 aromatic heterocycles. The average Bonchev–Trinajstić information content (AvgIpc) is 2.97. The van der Waals surface area contributed by atoms with Crippen LogP contribution in [-0.4, -0.2) is 40.0 Å². The Kier molecular flexibility index (Phi) is 4.04. The number of aromatic nitrogens is 2. The van der Waals surface area contributed by atoms with Gasteiger partial charge < -0.3 is 9.47 Å². The van der Waals surface area contributed by atoms with Gasteiger partial charge >= 0.3 is 6.18 Å². The molecule has 1 aliphatic carbocycles. The van der Waals surface area contributed by atoms with E-state index in [0.29, 0.717) is 18.5 Å². The molecule has 130 valence electrons. The normalized spacial score (nSPS) is 29.6. The van der Waals surface area contributed by atoms with Crippen LogP contribution in [0.5, 0.6) is 0 Å². The molecular weight excluding hydrogens is 345 g/mol. The standard InChI is InChI=1S/C15H15F3N2O3S/c16-15(17,18)12-7-3-1-2-4-8(7)19-14(20-12)24-11-5-9(21)13-22-6-10(11)23-13/h10-11,13H,1-6H2/t10-,11+,13+/m1/s1. The van der Waals surface area contributed by atoms with Crippen molar-refractivity contribution in [1.29, 1.82) is 0 Å². The molecule has 3 atom stereocenters. The molecule has 9 heteroatoms. The molecule has 4 rings (SSSR count). The smallest absolute Gasteiger partial charge is 0.343 e. The van der Waals surface area contributed by atoms with Crippen LogP contribution in [0.25, 0.3) is 0 Å². The number of alkyl halides is 3. The number of ether oxygens (including phenoxy) is 2. The lowest BCUT2D eigenvalue weighted by molar-refractivity contribution is -0.151. The van der Waals surface area contributed by atoms with E-state index in [0.717, 1.165) is 24.6 Å². The van der Waals surface area contributed by atoms with E-state index < -0.39 is 18.2 Å². The lowest BCUT2D eigenvalue weighted by Gasteiger charge is -2.26. The summed E-state index contributed by atoms with van der Waals surface area (Å²) in [5.74, 6) is -0.185. The first kappa shape index (κ1) is 16.3. The fraction of sp³-hybridized carbons (Fsp3) is 0.667. The van der Waals surface area contributed by atoms with E-state index in [1.807, 2.05) is 0 Å². The maximum Gasteiger partial charge on any atom is 0.433 e. The van der Waals surface area contributed by atoms with Crippen LogP contribution < -0.4 is 0 Å². The number of aryl methyl sites for hydroxylation is 1. The van der Waals surface area contributed by atoms with Crippen molar-refractivity contribution in [1.82, 2.24) is 9.97 Å². The molecule has 0 amide bonds. The van der Waals surface area contributed by atoms with Crippen molar-refractivity contribution in [3.63, 3.8) is 0 Å². The summed E-state index contributed by atoms with van der Waals surface area (Å²) >= 11 is 1.08. The van der Waals surface area contributed by atoms with Gasteiger partial charge in [0, 0.05) is 22.9 Å². The second-order valence-corrected chi connectivity index (χ2v) is 7.36. The first-order valence-corrected chi connectivity index (χ1v) is 8.73. The van der Waals surface area contributed by atoms with Crippen LogP contribution in [0.4, 0.5) is 13.2 Å². The quantitative estimate of drug-likeness (QED) is 0.756. The Labute approximate surface area is 140 Å². The second kappa shape index (κ2) is 5.96. The molecular formula is C15H15F3N2O3S. The van der Waals surface area contributed by atoms with Gasteiger partial charge in [0.2, 0.25) is 6.29 Å². The van der Waals surface area contributed by atoms with Crippen LogP contribution in [0, 0.1) is 0 Å². The van der Waals surface area contributed by atoms with Crippen molar-refractivity contribution in [2.45, 2.75) is 61.1 Å².